The molecule has 5 saturated carbocycles. The van der Waals surface area contributed by atoms with Crippen LogP contribution >= 0.6 is 11.6 Å². The number of hydrogen-bond acceptors (Lipinski definition) is 5. The third-order valence-corrected chi connectivity index (χ3v) is 17.9. The van der Waals surface area contributed by atoms with Gasteiger partial charge in [0.15, 0.2) is 5.78 Å². The minimum absolute atomic E-state index is 0.0456. The first-order valence-electron chi connectivity index (χ1n) is 20.9. The van der Waals surface area contributed by atoms with Crippen LogP contribution in [0, 0.1) is 68.0 Å². The summed E-state index contributed by atoms with van der Waals surface area (Å²) < 4.78 is 6.41. The fraction of sp³-hybridized carbons (Fsp3) is 0.739. The van der Waals surface area contributed by atoms with Gasteiger partial charge in [0.25, 0.3) is 5.91 Å². The maximum Gasteiger partial charge on any atom is 0.309 e. The van der Waals surface area contributed by atoms with Gasteiger partial charge in [0.05, 0.1) is 11.8 Å². The Kier molecular flexibility index (Phi) is 9.67. The molecule has 0 aliphatic heterocycles. The number of benzene rings is 1. The van der Waals surface area contributed by atoms with Crippen LogP contribution in [0.4, 0.5) is 0 Å². The number of carbonyl (C=O) groups excluding carboxylic acids is 3. The number of esters is 1. The molecule has 1 aromatic carbocycles. The summed E-state index contributed by atoms with van der Waals surface area (Å²) in [5.74, 6) is -0.289. The lowest BCUT2D eigenvalue weighted by molar-refractivity contribution is -0.236. The van der Waals surface area contributed by atoms with Gasteiger partial charge in [0.1, 0.15) is 6.10 Å². The molecule has 7 rings (SSSR count). The number of halogens is 1. The van der Waals surface area contributed by atoms with E-state index in [9.17, 15) is 24.3 Å². The maximum absolute atomic E-state index is 14.0. The van der Waals surface area contributed by atoms with E-state index in [-0.39, 0.29) is 56.9 Å². The first kappa shape index (κ1) is 39.6. The molecule has 0 unspecified atom stereocenters. The summed E-state index contributed by atoms with van der Waals surface area (Å²) >= 11 is 6.07. The molecule has 0 bridgehead atoms. The van der Waals surface area contributed by atoms with Crippen molar-refractivity contribution >= 4 is 35.2 Å². The number of carbonyl (C=O) groups is 4. The van der Waals surface area contributed by atoms with Crippen molar-refractivity contribution in [3.05, 3.63) is 46.0 Å². The highest BCUT2D eigenvalue weighted by Crippen LogP contribution is 2.77. The highest BCUT2D eigenvalue weighted by atomic mass is 35.5. The second-order valence-electron chi connectivity index (χ2n) is 20.8. The van der Waals surface area contributed by atoms with Gasteiger partial charge >= 0.3 is 11.9 Å². The molecule has 1 amide bonds. The fourth-order valence-corrected chi connectivity index (χ4v) is 14.4. The molecule has 54 heavy (non-hydrogen) atoms. The lowest BCUT2D eigenvalue weighted by atomic mass is 9.33. The molecule has 7 nitrogen and oxygen atoms in total. The summed E-state index contributed by atoms with van der Waals surface area (Å²) in [5, 5.41) is 13.4. The molecule has 1 aromatic rings. The van der Waals surface area contributed by atoms with Crippen molar-refractivity contribution in [2.24, 2.45) is 68.0 Å². The molecule has 8 heteroatoms. The Labute approximate surface area is 328 Å². The van der Waals surface area contributed by atoms with Crippen molar-refractivity contribution in [1.82, 2.24) is 5.32 Å². The second-order valence-corrected chi connectivity index (χ2v) is 21.2. The Bertz CT molecular complexity index is 1760. The van der Waals surface area contributed by atoms with Gasteiger partial charge in [-0.05, 0) is 139 Å². The van der Waals surface area contributed by atoms with E-state index in [1.165, 1.54) is 5.57 Å². The van der Waals surface area contributed by atoms with Crippen LogP contribution in [-0.4, -0.2) is 41.4 Å². The molecule has 10 atom stereocenters. The number of amides is 1. The number of ketones is 1. The molecule has 0 saturated heterocycles. The first-order chi connectivity index (χ1) is 25.1. The van der Waals surface area contributed by atoms with Crippen LogP contribution in [0.3, 0.4) is 0 Å². The minimum Gasteiger partial charge on any atom is -0.481 e. The molecule has 0 heterocycles. The topological polar surface area (TPSA) is 110 Å². The van der Waals surface area contributed by atoms with E-state index in [1.807, 2.05) is 13.8 Å². The Morgan fingerprint density at radius 1 is 0.852 bits per heavy atom. The molecule has 0 spiro atoms. The molecule has 2 N–H and O–H groups in total. The van der Waals surface area contributed by atoms with Crippen LogP contribution < -0.4 is 5.32 Å². The smallest absolute Gasteiger partial charge is 0.309 e. The first-order valence-corrected chi connectivity index (χ1v) is 21.3. The molecular weight excluding hydrogens is 698 g/mol. The largest absolute Gasteiger partial charge is 0.481 e. The molecule has 6 aliphatic rings. The van der Waals surface area contributed by atoms with Gasteiger partial charge in [0, 0.05) is 34.4 Å². The molecule has 296 valence electrons. The van der Waals surface area contributed by atoms with Crippen molar-refractivity contribution in [3.63, 3.8) is 0 Å². The van der Waals surface area contributed by atoms with E-state index in [2.05, 4.69) is 53.8 Å². The molecule has 5 fully saturated rings. The van der Waals surface area contributed by atoms with E-state index in [1.54, 1.807) is 24.3 Å². The SMILES string of the molecule is CC(C)C1=C2[C@H]3CC[C@@H]4[C@@]5(C)CC[C@H](OC(=O)[C@H]6C[C@@H](C(=O)O)C6(C)C)C(C)(C)[C@@H]5CC[C@@]4(C)[C@]3(C)CC[C@@]2(CCNC(=O)c2ccc(Cl)cc2)CC1=O. The minimum atomic E-state index is -0.829. The second kappa shape index (κ2) is 13.2. The monoisotopic (exact) mass is 761 g/mol. The van der Waals surface area contributed by atoms with Crippen LogP contribution in [0.15, 0.2) is 35.4 Å². The number of fused-ring (bicyclic) bond motifs is 7. The van der Waals surface area contributed by atoms with Gasteiger partial charge in [-0.1, -0.05) is 79.5 Å². The maximum atomic E-state index is 14.0. The van der Waals surface area contributed by atoms with Gasteiger partial charge in [-0.3, -0.25) is 19.2 Å². The summed E-state index contributed by atoms with van der Waals surface area (Å²) in [4.78, 5) is 52.5. The van der Waals surface area contributed by atoms with E-state index in [4.69, 9.17) is 16.3 Å². The van der Waals surface area contributed by atoms with Crippen molar-refractivity contribution in [1.29, 1.82) is 0 Å². The van der Waals surface area contributed by atoms with Gasteiger partial charge in [-0.15, -0.1) is 0 Å². The Morgan fingerprint density at radius 3 is 2.17 bits per heavy atom. The van der Waals surface area contributed by atoms with E-state index in [0.29, 0.717) is 53.5 Å². The number of rotatable bonds is 8. The number of carboxylic acids is 1. The molecule has 6 aliphatic carbocycles. The number of ether oxygens (including phenoxy) is 1. The molecular formula is C46H64ClNO6. The Morgan fingerprint density at radius 2 is 1.54 bits per heavy atom. The van der Waals surface area contributed by atoms with Gasteiger partial charge in [0.2, 0.25) is 0 Å². The van der Waals surface area contributed by atoms with Gasteiger partial charge < -0.3 is 15.2 Å². The highest BCUT2D eigenvalue weighted by molar-refractivity contribution is 6.30. The lowest BCUT2D eigenvalue weighted by Crippen LogP contribution is -2.66. The number of nitrogens with one attached hydrogen (secondary N) is 1. The lowest BCUT2D eigenvalue weighted by Gasteiger charge is -2.72. The predicted octanol–water partition coefficient (Wildman–Crippen LogP) is 10.1. The number of Topliss-reactive ketones (excluding diaryl/α,β-unsaturated/α-hetero) is 1. The summed E-state index contributed by atoms with van der Waals surface area (Å²) in [6.07, 6.45) is 9.82. The van der Waals surface area contributed by atoms with Crippen molar-refractivity contribution < 1.29 is 29.0 Å². The summed E-state index contributed by atoms with van der Waals surface area (Å²) in [6, 6.07) is 6.99. The predicted molar refractivity (Wildman–Crippen MR) is 211 cm³/mol. The standard InChI is InChI=1S/C46H64ClNO6/c1-26(2)36-32(49)25-46(22-23-48-38(50)27-10-12-28(47)13-11-27)21-20-44(8)29(37(36)46)14-15-34-43(7)18-17-35(42(5,6)33(43)16-19-45(34,44)9)54-40(53)31-24-30(39(51)52)41(31,3)4/h10-13,26,29-31,33-35H,14-25H2,1-9H3,(H,48,50)(H,51,52)/t29-,30+,31-,33+,34-,35+,43+,44-,45-,46-/m1/s1. The van der Waals surface area contributed by atoms with Crippen LogP contribution in [0.2, 0.25) is 5.02 Å². The quantitative estimate of drug-likeness (QED) is 0.255. The van der Waals surface area contributed by atoms with Crippen molar-refractivity contribution in [3.8, 4) is 0 Å². The zero-order valence-corrected chi connectivity index (χ0v) is 35.0. The van der Waals surface area contributed by atoms with Crippen LogP contribution in [-0.2, 0) is 19.1 Å². The Balaban J connectivity index is 1.12. The normalized spacial score (nSPS) is 40.5. The average Bonchev–Trinajstić information content (AvgIpc) is 3.38. The molecule has 0 aromatic heterocycles. The van der Waals surface area contributed by atoms with Gasteiger partial charge in [-0.25, -0.2) is 0 Å². The number of aliphatic carboxylic acids is 1. The highest BCUT2D eigenvalue weighted by Gasteiger charge is 2.70. The van der Waals surface area contributed by atoms with Crippen molar-refractivity contribution in [2.45, 2.75) is 139 Å². The fourth-order valence-electron chi connectivity index (χ4n) is 14.3. The van der Waals surface area contributed by atoms with E-state index in [0.717, 1.165) is 63.4 Å². The number of allylic oxidation sites excluding steroid dienone is 2. The van der Waals surface area contributed by atoms with Crippen molar-refractivity contribution in [2.75, 3.05) is 6.54 Å². The van der Waals surface area contributed by atoms with E-state index < -0.39 is 17.3 Å². The van der Waals surface area contributed by atoms with Crippen LogP contribution in [0.1, 0.15) is 143 Å². The van der Waals surface area contributed by atoms with Crippen LogP contribution in [0.25, 0.3) is 0 Å². The summed E-state index contributed by atoms with van der Waals surface area (Å²) in [7, 11) is 0. The average molecular weight is 762 g/mol. The number of carboxylic acid groups (broad SMARTS) is 1. The van der Waals surface area contributed by atoms with E-state index >= 15 is 0 Å². The Hall–Kier alpha value is -2.67. The third kappa shape index (κ3) is 5.69. The number of hydrogen-bond donors (Lipinski definition) is 2. The van der Waals surface area contributed by atoms with Crippen LogP contribution in [0.5, 0.6) is 0 Å². The third-order valence-electron chi connectivity index (χ3n) is 17.6. The summed E-state index contributed by atoms with van der Waals surface area (Å²) in [5.41, 5.74) is 2.33. The molecule has 0 radical (unpaired) electrons. The summed E-state index contributed by atoms with van der Waals surface area (Å²) in [6.45, 7) is 21.0. The zero-order chi connectivity index (χ0) is 39.4. The van der Waals surface area contributed by atoms with Gasteiger partial charge in [-0.2, -0.15) is 0 Å². The zero-order valence-electron chi connectivity index (χ0n) is 34.2.